The van der Waals surface area contributed by atoms with Gasteiger partial charge >= 0.3 is 26.2 Å². The molecule has 0 nitrogen and oxygen atoms in total. The minimum atomic E-state index is 0. The predicted octanol–water partition coefficient (Wildman–Crippen LogP) is 3.06. The molecule has 0 fully saturated rings. The summed E-state index contributed by atoms with van der Waals surface area (Å²) in [4.78, 5) is 0. The van der Waals surface area contributed by atoms with E-state index in [9.17, 15) is 0 Å². The van der Waals surface area contributed by atoms with Crippen molar-refractivity contribution in [3.05, 3.63) is 131 Å². The molecule has 0 amide bonds. The van der Waals surface area contributed by atoms with Gasteiger partial charge in [-0.2, -0.15) is 0 Å². The van der Waals surface area contributed by atoms with E-state index >= 15 is 0 Å². The van der Waals surface area contributed by atoms with Crippen LogP contribution in [0.1, 0.15) is 0 Å². The Morgan fingerprint density at radius 1 is 0.471 bits per heavy atom. The van der Waals surface area contributed by atoms with Crippen LogP contribution in [0.3, 0.4) is 0 Å². The number of fused-ring (bicyclic) bond motifs is 2. The minimum Gasteiger partial charge on any atom is -1.00 e. The van der Waals surface area contributed by atoms with Crippen molar-refractivity contribution in [2.45, 2.75) is 0 Å². The molecule has 34 heavy (non-hydrogen) atoms. The molecule has 0 spiro atoms. The average molecular weight is 671 g/mol. The third kappa shape index (κ3) is 6.10. The number of halogens is 3. The molecule has 166 valence electrons. The Labute approximate surface area is 246 Å². The molecule has 6 aromatic rings. The van der Waals surface area contributed by atoms with E-state index in [0.717, 1.165) is 0 Å². The molecule has 0 bridgehead atoms. The van der Waals surface area contributed by atoms with Gasteiger partial charge in [-0.15, -0.1) is 65.7 Å². The van der Waals surface area contributed by atoms with Crippen molar-refractivity contribution in [2.24, 2.45) is 0 Å². The largest absolute Gasteiger partial charge is 4.00 e. The molecule has 0 saturated carbocycles. The van der Waals surface area contributed by atoms with Crippen molar-refractivity contribution in [1.82, 2.24) is 0 Å². The Morgan fingerprint density at radius 3 is 1.65 bits per heavy atom. The SMILES string of the molecule is Ic1cccc2cc[c-](-c3ccccc3)c12.[Cl-].[Cl-].[Zr+4].c1ccc(-[c-]2ccc3ccccc32)cc1. The van der Waals surface area contributed by atoms with Crippen LogP contribution < -0.4 is 24.8 Å². The van der Waals surface area contributed by atoms with Crippen LogP contribution in [0.2, 0.25) is 0 Å². The van der Waals surface area contributed by atoms with E-state index in [1.807, 2.05) is 0 Å². The van der Waals surface area contributed by atoms with E-state index in [1.54, 1.807) is 0 Å². The monoisotopic (exact) mass is 668 g/mol. The molecule has 0 aromatic heterocycles. The maximum Gasteiger partial charge on any atom is 4.00 e. The first kappa shape index (κ1) is 28.5. The summed E-state index contributed by atoms with van der Waals surface area (Å²) in [5, 5.41) is 5.35. The number of hydrogen-bond donors (Lipinski definition) is 0. The maximum atomic E-state index is 2.41. The van der Waals surface area contributed by atoms with E-state index in [1.165, 1.54) is 47.4 Å². The number of hydrogen-bond acceptors (Lipinski definition) is 0. The molecule has 0 radical (unpaired) electrons. The average Bonchev–Trinajstić information content (AvgIpc) is 3.46. The Kier molecular flexibility index (Phi) is 11.2. The van der Waals surface area contributed by atoms with E-state index in [2.05, 4.69) is 150 Å². The van der Waals surface area contributed by atoms with Crippen LogP contribution in [0.15, 0.2) is 127 Å². The second-order valence-corrected chi connectivity index (χ2v) is 8.68. The standard InChI is InChI=1S/C15H10I.C15H11.2ClH.Zr/c16-14-8-4-7-12-9-10-13(15(12)14)11-5-2-1-3-6-11;1-2-6-12(7-3-1)15-11-10-13-8-4-5-9-14(13)15;;;/h1-10H;1-11H;2*1H;/q2*-1;;;+4/p-2. The molecule has 0 unspecified atom stereocenters. The van der Waals surface area contributed by atoms with Gasteiger partial charge in [-0.1, -0.05) is 128 Å². The fourth-order valence-corrected chi connectivity index (χ4v) is 4.91. The normalized spacial score (nSPS) is 9.79. The first-order chi connectivity index (χ1) is 15.3. The van der Waals surface area contributed by atoms with E-state index in [-0.39, 0.29) is 51.0 Å². The molecule has 0 saturated heterocycles. The smallest absolute Gasteiger partial charge is 1.00 e. The van der Waals surface area contributed by atoms with Gasteiger partial charge < -0.3 is 24.8 Å². The maximum absolute atomic E-state index is 2.41. The zero-order valence-corrected chi connectivity index (χ0v) is 24.4. The third-order valence-corrected chi connectivity index (χ3v) is 6.49. The van der Waals surface area contributed by atoms with Gasteiger partial charge in [0.25, 0.3) is 0 Å². The molecule has 0 aliphatic carbocycles. The fourth-order valence-electron chi connectivity index (χ4n) is 4.10. The molecule has 0 heterocycles. The van der Waals surface area contributed by atoms with Gasteiger partial charge in [0.1, 0.15) is 0 Å². The first-order valence-electron chi connectivity index (χ1n) is 10.4. The van der Waals surface area contributed by atoms with Crippen LogP contribution in [0.25, 0.3) is 43.8 Å². The molecule has 6 aromatic carbocycles. The van der Waals surface area contributed by atoms with Gasteiger partial charge in [-0.05, 0) is 3.57 Å². The summed E-state index contributed by atoms with van der Waals surface area (Å²) in [5.74, 6) is 0. The third-order valence-electron chi connectivity index (χ3n) is 5.59. The van der Waals surface area contributed by atoms with Gasteiger partial charge in [-0.25, -0.2) is 0 Å². The van der Waals surface area contributed by atoms with Gasteiger partial charge in [0.15, 0.2) is 0 Å². The second kappa shape index (κ2) is 13.4. The predicted molar refractivity (Wildman–Crippen MR) is 143 cm³/mol. The molecule has 4 heteroatoms. The summed E-state index contributed by atoms with van der Waals surface area (Å²) in [6, 6.07) is 44.8. The molecule has 0 aliphatic heterocycles. The van der Waals surface area contributed by atoms with Crippen LogP contribution >= 0.6 is 22.6 Å². The van der Waals surface area contributed by atoms with E-state index < -0.39 is 0 Å². The zero-order chi connectivity index (χ0) is 21.0. The number of benzene rings is 4. The van der Waals surface area contributed by atoms with Crippen molar-refractivity contribution < 1.29 is 51.0 Å². The Bertz CT molecular complexity index is 1440. The van der Waals surface area contributed by atoms with Crippen LogP contribution in [-0.4, -0.2) is 0 Å². The Hall–Kier alpha value is -1.71. The quantitative estimate of drug-likeness (QED) is 0.197. The van der Waals surface area contributed by atoms with Crippen LogP contribution in [0.5, 0.6) is 0 Å². The molecule has 0 atom stereocenters. The minimum absolute atomic E-state index is 0. The van der Waals surface area contributed by atoms with Crippen LogP contribution in [-0.2, 0) is 26.2 Å². The Balaban J connectivity index is 0.000000221. The van der Waals surface area contributed by atoms with Gasteiger partial charge in [-0.3, -0.25) is 0 Å². The van der Waals surface area contributed by atoms with Crippen molar-refractivity contribution in [3.63, 3.8) is 0 Å². The molecule has 6 rings (SSSR count). The number of rotatable bonds is 2. The summed E-state index contributed by atoms with van der Waals surface area (Å²) in [5.41, 5.74) is 5.24. The van der Waals surface area contributed by atoms with Crippen molar-refractivity contribution in [3.8, 4) is 22.3 Å². The molecular weight excluding hydrogens is 649 g/mol. The molecule has 0 N–H and O–H groups in total. The van der Waals surface area contributed by atoms with Crippen LogP contribution in [0.4, 0.5) is 0 Å². The van der Waals surface area contributed by atoms with Crippen molar-refractivity contribution >= 4 is 44.1 Å². The summed E-state index contributed by atoms with van der Waals surface area (Å²) in [7, 11) is 0. The summed E-state index contributed by atoms with van der Waals surface area (Å²) in [6.07, 6.45) is 0. The summed E-state index contributed by atoms with van der Waals surface area (Å²) in [6.45, 7) is 0. The second-order valence-electron chi connectivity index (χ2n) is 7.52. The fraction of sp³-hybridized carbons (Fsp3) is 0. The van der Waals surface area contributed by atoms with Crippen molar-refractivity contribution in [1.29, 1.82) is 0 Å². The van der Waals surface area contributed by atoms with Gasteiger partial charge in [0.2, 0.25) is 0 Å². The van der Waals surface area contributed by atoms with Gasteiger partial charge in [0, 0.05) is 0 Å². The van der Waals surface area contributed by atoms with E-state index in [4.69, 9.17) is 0 Å². The zero-order valence-electron chi connectivity index (χ0n) is 18.3. The topological polar surface area (TPSA) is 0 Å². The van der Waals surface area contributed by atoms with E-state index in [0.29, 0.717) is 0 Å². The Morgan fingerprint density at radius 2 is 0.971 bits per heavy atom. The summed E-state index contributed by atoms with van der Waals surface area (Å²) < 4.78 is 1.32. The first-order valence-corrected chi connectivity index (χ1v) is 11.5. The van der Waals surface area contributed by atoms with Gasteiger partial charge in [0.05, 0.1) is 0 Å². The summed E-state index contributed by atoms with van der Waals surface area (Å²) >= 11 is 2.41. The molecular formula is C30H21Cl2IZr. The molecule has 0 aliphatic rings. The van der Waals surface area contributed by atoms with Crippen molar-refractivity contribution in [2.75, 3.05) is 0 Å². The van der Waals surface area contributed by atoms with Crippen LogP contribution in [0, 0.1) is 3.57 Å².